The first kappa shape index (κ1) is 14.0. The van der Waals surface area contributed by atoms with Gasteiger partial charge < -0.3 is 10.3 Å². The molecule has 0 amide bonds. The Bertz CT molecular complexity index is 506. The van der Waals surface area contributed by atoms with E-state index in [-0.39, 0.29) is 6.04 Å². The third-order valence-corrected chi connectivity index (χ3v) is 3.55. The Morgan fingerprint density at radius 1 is 1.47 bits per heavy atom. The van der Waals surface area contributed by atoms with Crippen molar-refractivity contribution in [2.45, 2.75) is 32.1 Å². The molecule has 0 aliphatic heterocycles. The van der Waals surface area contributed by atoms with Gasteiger partial charge in [-0.15, -0.1) is 11.3 Å². The van der Waals surface area contributed by atoms with E-state index < -0.39 is 11.9 Å². The summed E-state index contributed by atoms with van der Waals surface area (Å²) in [6, 6.07) is -0.203. The maximum atomic E-state index is 12.5. The lowest BCUT2D eigenvalue weighted by Crippen LogP contribution is -2.21. The van der Waals surface area contributed by atoms with Gasteiger partial charge in [0.2, 0.25) is 0 Å². The molecule has 0 saturated carbocycles. The SMILES string of the molecule is CCC(NCc1ncc[nH]1)c1nc(C(F)(F)F)cs1. The van der Waals surface area contributed by atoms with E-state index >= 15 is 0 Å². The van der Waals surface area contributed by atoms with Crippen molar-refractivity contribution in [2.24, 2.45) is 0 Å². The van der Waals surface area contributed by atoms with Crippen molar-refractivity contribution in [3.8, 4) is 0 Å². The molecule has 0 aromatic carbocycles. The summed E-state index contributed by atoms with van der Waals surface area (Å²) in [5.74, 6) is 0.742. The lowest BCUT2D eigenvalue weighted by molar-refractivity contribution is -0.140. The molecule has 19 heavy (non-hydrogen) atoms. The first-order valence-corrected chi connectivity index (χ1v) is 6.63. The zero-order valence-corrected chi connectivity index (χ0v) is 11.0. The largest absolute Gasteiger partial charge is 0.434 e. The molecule has 2 rings (SSSR count). The molecule has 0 bridgehead atoms. The number of nitrogens with zero attached hydrogens (tertiary/aromatic N) is 2. The average molecular weight is 290 g/mol. The van der Waals surface area contributed by atoms with Crippen LogP contribution in [0, 0.1) is 0 Å². The maximum Gasteiger partial charge on any atom is 0.434 e. The third-order valence-electron chi connectivity index (χ3n) is 2.59. The molecule has 8 heteroatoms. The average Bonchev–Trinajstić information content (AvgIpc) is 2.98. The zero-order valence-electron chi connectivity index (χ0n) is 10.2. The highest BCUT2D eigenvalue weighted by Crippen LogP contribution is 2.32. The Morgan fingerprint density at radius 3 is 2.79 bits per heavy atom. The Labute approximate surface area is 112 Å². The second-order valence-electron chi connectivity index (χ2n) is 3.95. The molecule has 2 aromatic rings. The molecule has 104 valence electrons. The van der Waals surface area contributed by atoms with Crippen molar-refractivity contribution >= 4 is 11.3 Å². The number of alkyl halides is 3. The Balaban J connectivity index is 2.03. The second kappa shape index (κ2) is 5.70. The molecule has 4 nitrogen and oxygen atoms in total. The van der Waals surface area contributed by atoms with Crippen LogP contribution in [0.5, 0.6) is 0 Å². The summed E-state index contributed by atoms with van der Waals surface area (Å²) < 4.78 is 37.5. The van der Waals surface area contributed by atoms with Crippen molar-refractivity contribution in [1.29, 1.82) is 0 Å². The fraction of sp³-hybridized carbons (Fsp3) is 0.455. The molecule has 2 aromatic heterocycles. The summed E-state index contributed by atoms with van der Waals surface area (Å²) >= 11 is 1.02. The van der Waals surface area contributed by atoms with Crippen LogP contribution < -0.4 is 5.32 Å². The first-order valence-electron chi connectivity index (χ1n) is 5.75. The molecule has 0 fully saturated rings. The van der Waals surface area contributed by atoms with E-state index in [0.29, 0.717) is 18.0 Å². The molecule has 0 aliphatic rings. The predicted molar refractivity (Wildman–Crippen MR) is 65.6 cm³/mol. The van der Waals surface area contributed by atoms with Crippen LogP contribution in [-0.4, -0.2) is 15.0 Å². The van der Waals surface area contributed by atoms with E-state index in [9.17, 15) is 13.2 Å². The van der Waals surface area contributed by atoms with E-state index in [4.69, 9.17) is 0 Å². The summed E-state index contributed by atoms with van der Waals surface area (Å²) in [4.78, 5) is 10.6. The molecule has 2 heterocycles. The predicted octanol–water partition coefficient (Wildman–Crippen LogP) is 3.13. The van der Waals surface area contributed by atoms with E-state index in [1.807, 2.05) is 6.92 Å². The number of aromatic amines is 1. The van der Waals surface area contributed by atoms with Gasteiger partial charge in [-0.1, -0.05) is 6.92 Å². The minimum atomic E-state index is -4.38. The number of hydrogen-bond donors (Lipinski definition) is 2. The van der Waals surface area contributed by atoms with Gasteiger partial charge in [-0.2, -0.15) is 13.2 Å². The second-order valence-corrected chi connectivity index (χ2v) is 4.84. The fourth-order valence-corrected chi connectivity index (χ4v) is 2.58. The topological polar surface area (TPSA) is 53.6 Å². The minimum Gasteiger partial charge on any atom is -0.348 e. The zero-order chi connectivity index (χ0) is 13.9. The molecule has 0 saturated heterocycles. The van der Waals surface area contributed by atoms with Crippen LogP contribution in [0.3, 0.4) is 0 Å². The van der Waals surface area contributed by atoms with E-state index in [1.165, 1.54) is 0 Å². The van der Waals surface area contributed by atoms with Crippen molar-refractivity contribution in [2.75, 3.05) is 0 Å². The van der Waals surface area contributed by atoms with Crippen LogP contribution in [0.25, 0.3) is 0 Å². The summed E-state index contributed by atoms with van der Waals surface area (Å²) in [7, 11) is 0. The van der Waals surface area contributed by atoms with Gasteiger partial charge in [-0.05, 0) is 6.42 Å². The van der Waals surface area contributed by atoms with E-state index in [0.717, 1.165) is 22.5 Å². The highest BCUT2D eigenvalue weighted by Gasteiger charge is 2.34. The van der Waals surface area contributed by atoms with Gasteiger partial charge in [-0.25, -0.2) is 9.97 Å². The number of thiazole rings is 1. The number of imidazole rings is 1. The van der Waals surface area contributed by atoms with Gasteiger partial charge in [-0.3, -0.25) is 0 Å². The molecule has 0 radical (unpaired) electrons. The van der Waals surface area contributed by atoms with Crippen LogP contribution >= 0.6 is 11.3 Å². The normalized spacial score (nSPS) is 13.7. The van der Waals surface area contributed by atoms with Crippen LogP contribution in [0.1, 0.15) is 35.9 Å². The third kappa shape index (κ3) is 3.54. The van der Waals surface area contributed by atoms with Gasteiger partial charge in [0.05, 0.1) is 12.6 Å². The molecule has 2 N–H and O–H groups in total. The van der Waals surface area contributed by atoms with Gasteiger partial charge in [0.25, 0.3) is 0 Å². The fourth-order valence-electron chi connectivity index (χ4n) is 1.60. The maximum absolute atomic E-state index is 12.5. The van der Waals surface area contributed by atoms with Crippen LogP contribution in [0.2, 0.25) is 0 Å². The van der Waals surface area contributed by atoms with E-state index in [2.05, 4.69) is 20.3 Å². The smallest absolute Gasteiger partial charge is 0.348 e. The van der Waals surface area contributed by atoms with Crippen LogP contribution in [-0.2, 0) is 12.7 Å². The van der Waals surface area contributed by atoms with Gasteiger partial charge >= 0.3 is 6.18 Å². The number of aromatic nitrogens is 3. The number of rotatable bonds is 5. The van der Waals surface area contributed by atoms with E-state index in [1.54, 1.807) is 12.4 Å². The number of hydrogen-bond acceptors (Lipinski definition) is 4. The Hall–Kier alpha value is -1.41. The lowest BCUT2D eigenvalue weighted by Gasteiger charge is -2.13. The molecular formula is C11H13F3N4S. The Morgan fingerprint density at radius 2 is 2.26 bits per heavy atom. The quantitative estimate of drug-likeness (QED) is 0.889. The van der Waals surface area contributed by atoms with Gasteiger partial charge in [0, 0.05) is 17.8 Å². The van der Waals surface area contributed by atoms with Crippen LogP contribution in [0.15, 0.2) is 17.8 Å². The highest BCUT2D eigenvalue weighted by atomic mass is 32.1. The molecule has 1 unspecified atom stereocenters. The number of nitrogens with one attached hydrogen (secondary N) is 2. The van der Waals surface area contributed by atoms with Crippen molar-refractivity contribution in [1.82, 2.24) is 20.3 Å². The van der Waals surface area contributed by atoms with Crippen molar-refractivity contribution in [3.05, 3.63) is 34.3 Å². The highest BCUT2D eigenvalue weighted by molar-refractivity contribution is 7.09. The van der Waals surface area contributed by atoms with Crippen molar-refractivity contribution < 1.29 is 13.2 Å². The summed E-state index contributed by atoms with van der Waals surface area (Å²) in [6.45, 7) is 2.36. The van der Waals surface area contributed by atoms with Gasteiger partial charge in [0.1, 0.15) is 10.8 Å². The lowest BCUT2D eigenvalue weighted by atomic mass is 10.2. The van der Waals surface area contributed by atoms with Crippen molar-refractivity contribution in [3.63, 3.8) is 0 Å². The first-order chi connectivity index (χ1) is 9.00. The molecular weight excluding hydrogens is 277 g/mol. The molecule has 0 aliphatic carbocycles. The number of halogens is 3. The summed E-state index contributed by atoms with van der Waals surface area (Å²) in [6.07, 6.45) is -0.397. The molecule has 1 atom stereocenters. The summed E-state index contributed by atoms with van der Waals surface area (Å²) in [5.41, 5.74) is -0.828. The Kier molecular flexibility index (Phi) is 4.20. The minimum absolute atomic E-state index is 0.203. The monoisotopic (exact) mass is 290 g/mol. The summed E-state index contributed by atoms with van der Waals surface area (Å²) in [5, 5.41) is 4.63. The van der Waals surface area contributed by atoms with Gasteiger partial charge in [0.15, 0.2) is 5.69 Å². The van der Waals surface area contributed by atoms with Crippen LogP contribution in [0.4, 0.5) is 13.2 Å². The standard InChI is InChI=1S/C11H13F3N4S/c1-2-7(17-5-9-15-3-4-16-9)10-18-8(6-19-10)11(12,13)14/h3-4,6-7,17H,2,5H2,1H3,(H,15,16). The molecule has 0 spiro atoms. The number of H-pyrrole nitrogens is 1.